The number of benzene rings is 3. The molecule has 0 saturated carbocycles. The van der Waals surface area contributed by atoms with Crippen LogP contribution in [0.3, 0.4) is 0 Å². The molecule has 0 fully saturated rings. The lowest BCUT2D eigenvalue weighted by Crippen LogP contribution is -2.52. The highest BCUT2D eigenvalue weighted by Gasteiger charge is 2.49. The minimum atomic E-state index is -1.46. The van der Waals surface area contributed by atoms with Crippen LogP contribution in [-0.4, -0.2) is 49.7 Å². The van der Waals surface area contributed by atoms with E-state index in [1.54, 1.807) is 0 Å². The molecule has 6 heteroatoms. The number of aryl methyl sites for hydroxylation is 1. The third-order valence-electron chi connectivity index (χ3n) is 11.7. The van der Waals surface area contributed by atoms with E-state index in [9.17, 15) is 0 Å². The molecule has 54 heavy (non-hydrogen) atoms. The van der Waals surface area contributed by atoms with E-state index in [1.807, 2.05) is 24.3 Å². The van der Waals surface area contributed by atoms with Gasteiger partial charge in [-0.25, -0.2) is 0 Å². The van der Waals surface area contributed by atoms with E-state index >= 15 is 4.21 Å². The SMILES string of the molecule is CCC1=CC(N)C(CC)(C(=CC(C=C(c2ccc(N(C)C)cc2)c2ccc(N(C)C)cc2)S(=O)c2ccc(C)cc2)C2(CC)C=CC(CC)=CC2N)C=C1. The molecule has 0 saturated heterocycles. The molecule has 3 aromatic rings. The second kappa shape index (κ2) is 17.5. The number of nitrogens with two attached hydrogens (primary N) is 2. The van der Waals surface area contributed by atoms with Gasteiger partial charge in [0.15, 0.2) is 0 Å². The van der Waals surface area contributed by atoms with Crippen LogP contribution in [0.25, 0.3) is 5.57 Å². The third-order valence-corrected chi connectivity index (χ3v) is 13.2. The first kappa shape index (κ1) is 40.9. The lowest BCUT2D eigenvalue weighted by atomic mass is 9.56. The minimum Gasteiger partial charge on any atom is -0.378 e. The van der Waals surface area contributed by atoms with Crippen molar-refractivity contribution in [3.05, 3.63) is 155 Å². The Kier molecular flexibility index (Phi) is 13.3. The van der Waals surface area contributed by atoms with E-state index in [4.69, 9.17) is 11.5 Å². The zero-order chi connectivity index (χ0) is 39.2. The van der Waals surface area contributed by atoms with Crippen LogP contribution in [0.5, 0.6) is 0 Å². The first-order valence-corrected chi connectivity index (χ1v) is 20.8. The van der Waals surface area contributed by atoms with Crippen molar-refractivity contribution in [1.29, 1.82) is 0 Å². The minimum absolute atomic E-state index is 0.275. The van der Waals surface area contributed by atoms with Crippen molar-refractivity contribution in [2.24, 2.45) is 22.3 Å². The van der Waals surface area contributed by atoms with Crippen LogP contribution in [0.1, 0.15) is 70.1 Å². The fourth-order valence-corrected chi connectivity index (χ4v) is 9.25. The molecule has 0 heterocycles. The smallest absolute Gasteiger partial charge is 0.0767 e. The van der Waals surface area contributed by atoms with Gasteiger partial charge in [-0.2, -0.15) is 0 Å². The monoisotopic (exact) mass is 742 g/mol. The summed E-state index contributed by atoms with van der Waals surface area (Å²) < 4.78 is 15.3. The predicted molar refractivity (Wildman–Crippen MR) is 235 cm³/mol. The van der Waals surface area contributed by atoms with Crippen molar-refractivity contribution in [2.45, 2.75) is 82.5 Å². The highest BCUT2D eigenvalue weighted by atomic mass is 32.2. The van der Waals surface area contributed by atoms with Gasteiger partial charge in [0.2, 0.25) is 0 Å². The maximum Gasteiger partial charge on any atom is 0.0767 e. The number of rotatable bonds is 14. The molecule has 0 aromatic heterocycles. The van der Waals surface area contributed by atoms with Gasteiger partial charge in [0.25, 0.3) is 0 Å². The molecule has 286 valence electrons. The summed E-state index contributed by atoms with van der Waals surface area (Å²) in [4.78, 5) is 5.00. The molecule has 5 nitrogen and oxygen atoms in total. The molecule has 2 aliphatic carbocycles. The van der Waals surface area contributed by atoms with Crippen LogP contribution >= 0.6 is 0 Å². The summed E-state index contributed by atoms with van der Waals surface area (Å²) in [6.07, 6.45) is 21.5. The van der Waals surface area contributed by atoms with Crippen LogP contribution in [0.15, 0.2) is 143 Å². The van der Waals surface area contributed by atoms with E-state index in [0.717, 1.165) is 69.8 Å². The molecule has 6 unspecified atom stereocenters. The third kappa shape index (κ3) is 8.36. The number of nitrogens with zero attached hydrogens (tertiary/aromatic N) is 2. The summed E-state index contributed by atoms with van der Waals surface area (Å²) in [5.41, 5.74) is 23.6. The van der Waals surface area contributed by atoms with Crippen molar-refractivity contribution in [1.82, 2.24) is 0 Å². The molecule has 0 bridgehead atoms. The molecule has 2 aliphatic rings. The summed E-state index contributed by atoms with van der Waals surface area (Å²) in [6.45, 7) is 10.9. The molecule has 0 radical (unpaired) electrons. The fourth-order valence-electron chi connectivity index (χ4n) is 8.01. The first-order chi connectivity index (χ1) is 25.8. The second-order valence-electron chi connectivity index (χ2n) is 15.3. The van der Waals surface area contributed by atoms with E-state index in [0.29, 0.717) is 0 Å². The van der Waals surface area contributed by atoms with Crippen molar-refractivity contribution in [2.75, 3.05) is 38.0 Å². The summed E-state index contributed by atoms with van der Waals surface area (Å²) in [7, 11) is 6.75. The van der Waals surface area contributed by atoms with Crippen LogP contribution < -0.4 is 21.3 Å². The van der Waals surface area contributed by atoms with Gasteiger partial charge in [-0.05, 0) is 91.3 Å². The molecule has 0 amide bonds. The second-order valence-corrected chi connectivity index (χ2v) is 16.9. The van der Waals surface area contributed by atoms with Gasteiger partial charge in [-0.15, -0.1) is 0 Å². The normalized spacial score (nSPS) is 23.2. The lowest BCUT2D eigenvalue weighted by Gasteiger charge is -2.50. The predicted octanol–water partition coefficient (Wildman–Crippen LogP) is 9.92. The molecule has 0 spiro atoms. The maximum absolute atomic E-state index is 15.3. The first-order valence-electron chi connectivity index (χ1n) is 19.6. The maximum atomic E-state index is 15.3. The van der Waals surface area contributed by atoms with Crippen molar-refractivity contribution in [3.8, 4) is 0 Å². The van der Waals surface area contributed by atoms with E-state index < -0.39 is 26.9 Å². The Hall–Kier alpha value is -4.23. The highest BCUT2D eigenvalue weighted by molar-refractivity contribution is 7.86. The Labute approximate surface area is 328 Å². The molecule has 6 atom stereocenters. The Morgan fingerprint density at radius 2 is 1.11 bits per heavy atom. The summed E-state index contributed by atoms with van der Waals surface area (Å²) >= 11 is 0. The summed E-state index contributed by atoms with van der Waals surface area (Å²) in [5, 5.41) is -0.513. The van der Waals surface area contributed by atoms with Crippen LogP contribution in [0.4, 0.5) is 11.4 Å². The molecule has 3 aromatic carbocycles. The van der Waals surface area contributed by atoms with E-state index in [1.165, 1.54) is 11.1 Å². The molecular formula is C48H62N4OS. The topological polar surface area (TPSA) is 75.6 Å². The Morgan fingerprint density at radius 3 is 1.46 bits per heavy atom. The molecule has 0 aliphatic heterocycles. The Balaban J connectivity index is 1.86. The molecule has 5 rings (SSSR count). The number of allylic oxidation sites excluding steroid dienone is 4. The average Bonchev–Trinajstić information content (AvgIpc) is 3.18. The van der Waals surface area contributed by atoms with Crippen LogP contribution in [-0.2, 0) is 10.8 Å². The van der Waals surface area contributed by atoms with Gasteiger partial charge in [0.05, 0.1) is 16.0 Å². The summed E-state index contributed by atoms with van der Waals surface area (Å²) in [6, 6.07) is 24.9. The van der Waals surface area contributed by atoms with Gasteiger partial charge in [0.1, 0.15) is 0 Å². The highest BCUT2D eigenvalue weighted by Crippen LogP contribution is 2.53. The van der Waals surface area contributed by atoms with Crippen molar-refractivity contribution in [3.63, 3.8) is 0 Å². The molecular weight excluding hydrogens is 681 g/mol. The number of anilines is 2. The van der Waals surface area contributed by atoms with Gasteiger partial charge < -0.3 is 21.3 Å². The van der Waals surface area contributed by atoms with Gasteiger partial charge in [0, 0.05) is 67.4 Å². The van der Waals surface area contributed by atoms with E-state index in [2.05, 4.69) is 170 Å². The zero-order valence-corrected chi connectivity index (χ0v) is 34.8. The average molecular weight is 743 g/mol. The van der Waals surface area contributed by atoms with Gasteiger partial charge in [-0.3, -0.25) is 4.21 Å². The van der Waals surface area contributed by atoms with Gasteiger partial charge >= 0.3 is 0 Å². The largest absolute Gasteiger partial charge is 0.378 e. The Morgan fingerprint density at radius 1 is 0.685 bits per heavy atom. The summed E-state index contributed by atoms with van der Waals surface area (Å²) in [5.74, 6) is 0. The van der Waals surface area contributed by atoms with Crippen LogP contribution in [0.2, 0.25) is 0 Å². The van der Waals surface area contributed by atoms with E-state index in [-0.39, 0.29) is 12.1 Å². The van der Waals surface area contributed by atoms with Crippen LogP contribution in [0, 0.1) is 17.8 Å². The van der Waals surface area contributed by atoms with Crippen molar-refractivity contribution >= 4 is 27.7 Å². The lowest BCUT2D eigenvalue weighted by molar-refractivity contribution is 0.272. The molecule has 4 N–H and O–H groups in total. The zero-order valence-electron chi connectivity index (χ0n) is 34.0. The standard InChI is InChI=1S/C48H62N4OS/c1-10-35-26-28-47(12-3,45(49)30-35)44(48(13-4)29-27-36(11-2)31-46(48)50)33-42(54(53)41-24-14-34(5)15-25-41)32-43(37-16-20-39(21-17-37)51(6)7)38-18-22-40(23-19-38)52(8)9/h14-33,42,45-46H,10-13,49-50H2,1-9H3. The quantitative estimate of drug-likeness (QED) is 0.161. The van der Waals surface area contributed by atoms with Gasteiger partial charge in [-0.1, -0.05) is 129 Å². The number of hydrogen-bond donors (Lipinski definition) is 2. The van der Waals surface area contributed by atoms with Crippen molar-refractivity contribution < 1.29 is 4.21 Å². The number of hydrogen-bond acceptors (Lipinski definition) is 5. The fraction of sp³-hybridized carbons (Fsp3) is 0.375. The Bertz CT molecular complexity index is 1860.